The summed E-state index contributed by atoms with van der Waals surface area (Å²) < 4.78 is 18.0. The summed E-state index contributed by atoms with van der Waals surface area (Å²) in [5.74, 6) is -0.170. The largest absolute Gasteiger partial charge is 0.493 e. The lowest BCUT2D eigenvalue weighted by Crippen LogP contribution is -2.19. The number of nitrogens with two attached hydrogens (primary N) is 1. The zero-order valence-electron chi connectivity index (χ0n) is 29.3. The molecule has 5 rings (SSSR count). The van der Waals surface area contributed by atoms with E-state index >= 15 is 0 Å². The number of aromatic nitrogens is 2. The van der Waals surface area contributed by atoms with Gasteiger partial charge in [0.2, 0.25) is 6.41 Å². The Hall–Kier alpha value is -4.77. The first-order valence-corrected chi connectivity index (χ1v) is 16.8. The van der Waals surface area contributed by atoms with Crippen LogP contribution in [0.1, 0.15) is 53.0 Å². The second-order valence-electron chi connectivity index (χ2n) is 11.1. The van der Waals surface area contributed by atoms with Crippen molar-refractivity contribution >= 4 is 28.7 Å². The first-order valence-electron chi connectivity index (χ1n) is 16.8. The number of aryl methyl sites for hydroxylation is 4. The van der Waals surface area contributed by atoms with E-state index in [1.807, 2.05) is 56.3 Å². The number of hydrogen-bond donors (Lipinski definition) is 3. The van der Waals surface area contributed by atoms with Crippen molar-refractivity contribution in [3.63, 3.8) is 0 Å². The zero-order valence-corrected chi connectivity index (χ0v) is 29.3. The Morgan fingerprint density at radius 2 is 1.57 bits per heavy atom. The molecule has 0 saturated heterocycles. The van der Waals surface area contributed by atoms with Crippen molar-refractivity contribution in [3.8, 4) is 17.0 Å². The van der Waals surface area contributed by atoms with Crippen molar-refractivity contribution < 1.29 is 28.9 Å². The van der Waals surface area contributed by atoms with Crippen LogP contribution in [0.2, 0.25) is 0 Å². The molecule has 0 spiro atoms. The molecule has 262 valence electrons. The summed E-state index contributed by atoms with van der Waals surface area (Å²) in [7, 11) is 0. The average Bonchev–Trinajstić information content (AvgIpc) is 3.48. The van der Waals surface area contributed by atoms with Crippen LogP contribution in [-0.4, -0.2) is 73.2 Å². The van der Waals surface area contributed by atoms with E-state index in [1.165, 1.54) is 5.56 Å². The molecule has 5 aromatic rings. The molecule has 10 heteroatoms. The fourth-order valence-corrected chi connectivity index (χ4v) is 5.66. The molecule has 0 bridgehead atoms. The normalized spacial score (nSPS) is 10.6. The highest BCUT2D eigenvalue weighted by molar-refractivity contribution is 5.90. The smallest absolute Gasteiger partial charge is 0.356 e. The van der Waals surface area contributed by atoms with Gasteiger partial charge >= 0.3 is 5.97 Å². The number of fused-ring (bicyclic) bond motifs is 2. The van der Waals surface area contributed by atoms with E-state index in [9.17, 15) is 14.7 Å². The summed E-state index contributed by atoms with van der Waals surface area (Å²) >= 11 is 0. The zero-order chi connectivity index (χ0) is 35.6. The van der Waals surface area contributed by atoms with Crippen LogP contribution in [0.3, 0.4) is 0 Å². The van der Waals surface area contributed by atoms with Gasteiger partial charge in [0.15, 0.2) is 5.69 Å². The molecule has 2 aromatic heterocycles. The van der Waals surface area contributed by atoms with Crippen LogP contribution in [0.4, 0.5) is 0 Å². The third-order valence-corrected chi connectivity index (χ3v) is 7.58. The van der Waals surface area contributed by atoms with Crippen LogP contribution in [0.15, 0.2) is 72.8 Å². The molecular weight excluding hydrogens is 620 g/mol. The van der Waals surface area contributed by atoms with Gasteiger partial charge in [-0.1, -0.05) is 74.0 Å². The van der Waals surface area contributed by atoms with Gasteiger partial charge in [-0.15, -0.1) is 0 Å². The van der Waals surface area contributed by atoms with Crippen LogP contribution in [-0.2, 0) is 20.7 Å². The number of hydrogen-bond acceptors (Lipinski definition) is 7. The Labute approximate surface area is 289 Å². The topological polar surface area (TPSA) is 137 Å². The highest BCUT2D eigenvalue weighted by Crippen LogP contribution is 2.31. The number of carbonyl (C=O) groups is 2. The lowest BCUT2D eigenvalue weighted by molar-refractivity contribution is -0.109. The molecule has 2 heterocycles. The molecule has 3 aromatic carbocycles. The predicted octanol–water partition coefficient (Wildman–Crippen LogP) is 6.54. The molecule has 10 nitrogen and oxygen atoms in total. The van der Waals surface area contributed by atoms with E-state index in [4.69, 9.17) is 19.9 Å². The molecule has 0 aliphatic rings. The van der Waals surface area contributed by atoms with Crippen LogP contribution in [0.25, 0.3) is 27.5 Å². The Balaban J connectivity index is 0.000000396. The average molecular weight is 671 g/mol. The SMILES string of the molecule is CC.Cc1cc(C)c(-c2cccc3c(CCCOc4cccc5ccccc45)c(C(=O)O)nn23)c(C)c1.NCCOCCOCCNC=O. The van der Waals surface area contributed by atoms with Crippen molar-refractivity contribution in [2.24, 2.45) is 5.73 Å². The van der Waals surface area contributed by atoms with Crippen molar-refractivity contribution in [1.29, 1.82) is 0 Å². The van der Waals surface area contributed by atoms with Gasteiger partial charge in [-0.05, 0) is 68.3 Å². The summed E-state index contributed by atoms with van der Waals surface area (Å²) in [6.45, 7) is 14.0. The number of rotatable bonds is 16. The highest BCUT2D eigenvalue weighted by Gasteiger charge is 2.21. The summed E-state index contributed by atoms with van der Waals surface area (Å²) in [6.07, 6.45) is 1.89. The van der Waals surface area contributed by atoms with Crippen molar-refractivity contribution in [2.45, 2.75) is 47.5 Å². The molecular formula is C39H50N4O6. The Morgan fingerprint density at radius 1 is 0.898 bits per heavy atom. The standard InChI is InChI=1S/C30H28N2O3.C7H16N2O3.C2H6/c1-19-17-20(2)28(21(3)18-19)26-14-7-13-25-24(29(30(33)34)31-32(25)26)12-8-16-35-27-15-6-10-22-9-4-5-11-23(22)27;8-1-3-11-5-6-12-4-2-9-7-10;1-2/h4-7,9-11,13-15,17-18H,8,12,16H2,1-3H3,(H,33,34);7H,1-6,8H2,(H,9,10);1-2H3. The minimum Gasteiger partial charge on any atom is -0.493 e. The molecule has 0 unspecified atom stereocenters. The maximum absolute atomic E-state index is 12.1. The van der Waals surface area contributed by atoms with Gasteiger partial charge in [-0.3, -0.25) is 4.79 Å². The molecule has 1 amide bonds. The van der Waals surface area contributed by atoms with Gasteiger partial charge in [0.25, 0.3) is 0 Å². The molecule has 0 radical (unpaired) electrons. The highest BCUT2D eigenvalue weighted by atomic mass is 16.5. The third-order valence-electron chi connectivity index (χ3n) is 7.58. The lowest BCUT2D eigenvalue weighted by atomic mass is 9.96. The number of carboxylic acid groups (broad SMARTS) is 1. The maximum atomic E-state index is 12.1. The van der Waals surface area contributed by atoms with Gasteiger partial charge < -0.3 is 30.4 Å². The van der Waals surface area contributed by atoms with Gasteiger partial charge in [-0.2, -0.15) is 5.10 Å². The Bertz CT molecular complexity index is 1760. The van der Waals surface area contributed by atoms with Crippen molar-refractivity contribution in [1.82, 2.24) is 14.9 Å². The maximum Gasteiger partial charge on any atom is 0.356 e. The first-order chi connectivity index (χ1) is 23.8. The molecule has 0 aliphatic carbocycles. The van der Waals surface area contributed by atoms with E-state index in [0.29, 0.717) is 65.4 Å². The van der Waals surface area contributed by atoms with E-state index in [1.54, 1.807) is 4.52 Å². The van der Waals surface area contributed by atoms with Gasteiger partial charge in [0.1, 0.15) is 5.75 Å². The van der Waals surface area contributed by atoms with Gasteiger partial charge in [-0.25, -0.2) is 9.31 Å². The monoisotopic (exact) mass is 670 g/mol. The quantitative estimate of drug-likeness (QED) is 0.0795. The molecule has 49 heavy (non-hydrogen) atoms. The second kappa shape index (κ2) is 20.6. The van der Waals surface area contributed by atoms with Crippen LogP contribution < -0.4 is 15.8 Å². The van der Waals surface area contributed by atoms with Crippen LogP contribution in [0.5, 0.6) is 5.75 Å². The molecule has 0 atom stereocenters. The molecule has 0 saturated carbocycles. The molecule has 0 aliphatic heterocycles. The number of amides is 1. The van der Waals surface area contributed by atoms with E-state index in [0.717, 1.165) is 50.0 Å². The Kier molecular flexibility index (Phi) is 16.2. The minimum absolute atomic E-state index is 0.102. The third kappa shape index (κ3) is 10.9. The van der Waals surface area contributed by atoms with Gasteiger partial charge in [0.05, 0.1) is 44.2 Å². The number of carbonyl (C=O) groups excluding carboxylic acids is 1. The number of ether oxygens (including phenoxy) is 3. The summed E-state index contributed by atoms with van der Waals surface area (Å²) in [5, 5.41) is 19.2. The van der Waals surface area contributed by atoms with E-state index in [2.05, 4.69) is 61.5 Å². The lowest BCUT2D eigenvalue weighted by Gasteiger charge is -2.13. The number of nitrogens with zero attached hydrogens (tertiary/aromatic N) is 2. The Morgan fingerprint density at radius 3 is 2.27 bits per heavy atom. The number of carboxylic acids is 1. The number of benzene rings is 3. The van der Waals surface area contributed by atoms with Crippen LogP contribution >= 0.6 is 0 Å². The fourth-order valence-electron chi connectivity index (χ4n) is 5.66. The first kappa shape index (κ1) is 38.7. The predicted molar refractivity (Wildman–Crippen MR) is 196 cm³/mol. The summed E-state index contributed by atoms with van der Waals surface area (Å²) in [4.78, 5) is 21.9. The van der Waals surface area contributed by atoms with E-state index < -0.39 is 5.97 Å². The summed E-state index contributed by atoms with van der Waals surface area (Å²) in [5.41, 5.74) is 12.3. The van der Waals surface area contributed by atoms with Crippen molar-refractivity contribution in [3.05, 3.63) is 101 Å². The second-order valence-corrected chi connectivity index (χ2v) is 11.1. The van der Waals surface area contributed by atoms with Crippen LogP contribution in [0, 0.1) is 20.8 Å². The molecule has 4 N–H and O–H groups in total. The number of pyridine rings is 1. The number of nitrogens with one attached hydrogen (secondary N) is 1. The number of aromatic carboxylic acids is 1. The van der Waals surface area contributed by atoms with Crippen molar-refractivity contribution in [2.75, 3.05) is 46.1 Å². The van der Waals surface area contributed by atoms with E-state index in [-0.39, 0.29) is 5.69 Å². The molecule has 0 fully saturated rings. The fraction of sp³-hybridized carbons (Fsp3) is 0.359. The minimum atomic E-state index is -1.01. The summed E-state index contributed by atoms with van der Waals surface area (Å²) in [6, 6.07) is 24.4. The van der Waals surface area contributed by atoms with Gasteiger partial charge in [0, 0.05) is 29.6 Å².